The second-order valence-electron chi connectivity index (χ2n) is 6.06. The number of piperidine rings is 1. The van der Waals surface area contributed by atoms with Gasteiger partial charge in [-0.25, -0.2) is 0 Å². The lowest BCUT2D eigenvalue weighted by Gasteiger charge is -2.27. The largest absolute Gasteiger partial charge is 0.507 e. The summed E-state index contributed by atoms with van der Waals surface area (Å²) >= 11 is 1.78. The van der Waals surface area contributed by atoms with Crippen LogP contribution in [-0.2, 0) is 0 Å². The third kappa shape index (κ3) is 2.21. The van der Waals surface area contributed by atoms with E-state index in [4.69, 9.17) is 0 Å². The molecule has 0 spiro atoms. The second-order valence-corrected chi connectivity index (χ2v) is 6.98. The highest BCUT2D eigenvalue weighted by atomic mass is 32.1. The lowest BCUT2D eigenvalue weighted by Crippen LogP contribution is -2.26. The number of likely N-dealkylation sites (tertiary alicyclic amines) is 1. The molecule has 22 heavy (non-hydrogen) atoms. The smallest absolute Gasteiger partial charge is 0.124 e. The van der Waals surface area contributed by atoms with Crippen molar-refractivity contribution in [3.05, 3.63) is 62.9 Å². The van der Waals surface area contributed by atoms with Crippen LogP contribution in [0.15, 0.2) is 41.3 Å². The topological polar surface area (TPSA) is 23.5 Å². The van der Waals surface area contributed by atoms with Crippen LogP contribution in [0.25, 0.3) is 17.4 Å². The van der Waals surface area contributed by atoms with E-state index >= 15 is 0 Å². The number of fused-ring (bicyclic) bond motifs is 2. The summed E-state index contributed by atoms with van der Waals surface area (Å²) in [7, 11) is 2.19. The quantitative estimate of drug-likeness (QED) is 0.766. The third-order valence-electron chi connectivity index (χ3n) is 4.63. The van der Waals surface area contributed by atoms with Crippen molar-refractivity contribution >= 4 is 28.7 Å². The molecule has 2 heterocycles. The molecule has 0 radical (unpaired) electrons. The van der Waals surface area contributed by atoms with Gasteiger partial charge in [0.2, 0.25) is 0 Å². The number of thiophene rings is 1. The predicted molar refractivity (Wildman–Crippen MR) is 94.0 cm³/mol. The van der Waals surface area contributed by atoms with Crippen LogP contribution in [-0.4, -0.2) is 30.1 Å². The third-order valence-corrected chi connectivity index (χ3v) is 5.58. The van der Waals surface area contributed by atoms with Crippen molar-refractivity contribution in [2.75, 3.05) is 20.1 Å². The normalized spacial score (nSPS) is 18.5. The Kier molecular flexibility index (Phi) is 3.40. The molecule has 1 aromatic carbocycles. The maximum Gasteiger partial charge on any atom is 0.124 e. The van der Waals surface area contributed by atoms with E-state index < -0.39 is 0 Å². The van der Waals surface area contributed by atoms with Crippen molar-refractivity contribution in [1.29, 1.82) is 0 Å². The number of hydrogen-bond acceptors (Lipinski definition) is 3. The van der Waals surface area contributed by atoms with Crippen LogP contribution in [0, 0.1) is 0 Å². The number of nitrogens with zero attached hydrogens (tertiary/aromatic N) is 1. The first-order chi connectivity index (χ1) is 10.7. The first kappa shape index (κ1) is 13.8. The van der Waals surface area contributed by atoms with E-state index in [0.717, 1.165) is 37.1 Å². The van der Waals surface area contributed by atoms with E-state index in [1.54, 1.807) is 11.3 Å². The van der Waals surface area contributed by atoms with Crippen molar-refractivity contribution in [2.45, 2.75) is 12.8 Å². The molecule has 1 aromatic heterocycles. The fourth-order valence-electron chi connectivity index (χ4n) is 3.40. The minimum absolute atomic E-state index is 0.374. The molecule has 0 unspecified atom stereocenters. The molecule has 112 valence electrons. The summed E-state index contributed by atoms with van der Waals surface area (Å²) in [6.07, 6.45) is 4.13. The Bertz CT molecular complexity index is 774. The van der Waals surface area contributed by atoms with E-state index in [1.165, 1.54) is 21.6 Å². The number of aliphatic hydroxyl groups excluding tert-OH is 1. The van der Waals surface area contributed by atoms with Gasteiger partial charge in [-0.05, 0) is 54.1 Å². The van der Waals surface area contributed by atoms with Crippen LogP contribution in [0.3, 0.4) is 0 Å². The Morgan fingerprint density at radius 2 is 1.77 bits per heavy atom. The Balaban J connectivity index is 1.97. The lowest BCUT2D eigenvalue weighted by atomic mass is 9.90. The van der Waals surface area contributed by atoms with Gasteiger partial charge >= 0.3 is 0 Å². The molecule has 0 saturated carbocycles. The molecule has 1 N–H and O–H groups in total. The first-order valence-corrected chi connectivity index (χ1v) is 8.61. The molecule has 2 nitrogen and oxygen atoms in total. The number of benzene rings is 1. The zero-order chi connectivity index (χ0) is 15.1. The molecule has 2 aliphatic rings. The van der Waals surface area contributed by atoms with Gasteiger partial charge in [-0.1, -0.05) is 29.8 Å². The summed E-state index contributed by atoms with van der Waals surface area (Å²) in [5.74, 6) is 0.374. The molecule has 1 aliphatic carbocycles. The van der Waals surface area contributed by atoms with E-state index in [2.05, 4.69) is 35.5 Å². The highest BCUT2D eigenvalue weighted by Crippen LogP contribution is 2.42. The van der Waals surface area contributed by atoms with E-state index in [-0.39, 0.29) is 0 Å². The average Bonchev–Trinajstić information content (AvgIpc) is 2.93. The summed E-state index contributed by atoms with van der Waals surface area (Å²) in [6.45, 7) is 2.22. The van der Waals surface area contributed by atoms with Gasteiger partial charge in [0.05, 0.1) is 0 Å². The molecule has 0 amide bonds. The van der Waals surface area contributed by atoms with Crippen LogP contribution in [0.2, 0.25) is 0 Å². The maximum atomic E-state index is 10.5. The standard InChI is InChI=1S/C19H19NOS/c1-20-9-6-13(7-10-20)18-16-5-3-2-4-15(16)17(21)12-14-8-11-22-19(14)18/h2-5,8,11-12,21H,6-7,9-10H2,1H3. The van der Waals surface area contributed by atoms with Crippen LogP contribution in [0.5, 0.6) is 0 Å². The summed E-state index contributed by atoms with van der Waals surface area (Å²) in [6, 6.07) is 10.3. The fourth-order valence-corrected chi connectivity index (χ4v) is 4.38. The summed E-state index contributed by atoms with van der Waals surface area (Å²) in [5, 5.41) is 12.6. The van der Waals surface area contributed by atoms with Gasteiger partial charge in [-0.2, -0.15) is 0 Å². The van der Waals surface area contributed by atoms with Gasteiger partial charge in [0, 0.05) is 23.5 Å². The Labute approximate surface area is 135 Å². The molecule has 0 atom stereocenters. The Hall–Kier alpha value is -1.84. The van der Waals surface area contributed by atoms with Gasteiger partial charge < -0.3 is 10.0 Å². The molecule has 1 fully saturated rings. The minimum Gasteiger partial charge on any atom is -0.507 e. The highest BCUT2D eigenvalue weighted by molar-refractivity contribution is 7.11. The molecule has 3 heteroatoms. The fraction of sp³-hybridized carbons (Fsp3) is 0.263. The molecule has 0 bridgehead atoms. The van der Waals surface area contributed by atoms with E-state index in [9.17, 15) is 5.11 Å². The van der Waals surface area contributed by atoms with E-state index in [0.29, 0.717) is 5.76 Å². The summed E-state index contributed by atoms with van der Waals surface area (Å²) in [5.41, 5.74) is 6.15. The predicted octanol–water partition coefficient (Wildman–Crippen LogP) is 4.65. The van der Waals surface area contributed by atoms with Crippen LogP contribution >= 0.6 is 11.3 Å². The van der Waals surface area contributed by atoms with Crippen molar-refractivity contribution < 1.29 is 5.11 Å². The molecule has 4 rings (SSSR count). The zero-order valence-electron chi connectivity index (χ0n) is 12.7. The summed E-state index contributed by atoms with van der Waals surface area (Å²) < 4.78 is 0. The Morgan fingerprint density at radius 1 is 1.05 bits per heavy atom. The number of rotatable bonds is 0. The monoisotopic (exact) mass is 309 g/mol. The van der Waals surface area contributed by atoms with Gasteiger partial charge in [0.25, 0.3) is 0 Å². The SMILES string of the molecule is CN1CCC(=C2c3ccccc3C(O)=Cc3ccsc32)CC1. The average molecular weight is 309 g/mol. The molecule has 1 aliphatic heterocycles. The molecular weight excluding hydrogens is 290 g/mol. The van der Waals surface area contributed by atoms with Gasteiger partial charge in [0.1, 0.15) is 5.76 Å². The van der Waals surface area contributed by atoms with Crippen LogP contribution in [0.4, 0.5) is 0 Å². The van der Waals surface area contributed by atoms with E-state index in [1.807, 2.05) is 18.2 Å². The molecular formula is C19H19NOS. The van der Waals surface area contributed by atoms with Crippen LogP contribution < -0.4 is 0 Å². The van der Waals surface area contributed by atoms with Gasteiger partial charge in [-0.3, -0.25) is 0 Å². The maximum absolute atomic E-state index is 10.5. The van der Waals surface area contributed by atoms with Crippen molar-refractivity contribution in [1.82, 2.24) is 4.90 Å². The summed E-state index contributed by atoms with van der Waals surface area (Å²) in [4.78, 5) is 3.69. The zero-order valence-corrected chi connectivity index (χ0v) is 13.5. The second kappa shape index (κ2) is 5.41. The van der Waals surface area contributed by atoms with Crippen molar-refractivity contribution in [3.63, 3.8) is 0 Å². The van der Waals surface area contributed by atoms with Gasteiger partial charge in [0.15, 0.2) is 0 Å². The lowest BCUT2D eigenvalue weighted by molar-refractivity contribution is 0.313. The molecule has 1 saturated heterocycles. The van der Waals surface area contributed by atoms with Crippen molar-refractivity contribution in [3.8, 4) is 0 Å². The first-order valence-electron chi connectivity index (χ1n) is 7.73. The molecule has 2 aromatic rings. The van der Waals surface area contributed by atoms with Crippen molar-refractivity contribution in [2.24, 2.45) is 0 Å². The highest BCUT2D eigenvalue weighted by Gasteiger charge is 2.24. The van der Waals surface area contributed by atoms with Gasteiger partial charge in [-0.15, -0.1) is 11.3 Å². The minimum atomic E-state index is 0.374. The number of hydrogen-bond donors (Lipinski definition) is 1. The van der Waals surface area contributed by atoms with Crippen LogP contribution in [0.1, 0.15) is 34.4 Å². The number of aliphatic hydroxyl groups is 1. The Morgan fingerprint density at radius 3 is 2.55 bits per heavy atom.